The molecule has 0 unspecified atom stereocenters. The van der Waals surface area contributed by atoms with Crippen LogP contribution in [0.15, 0.2) is 12.2 Å². The minimum absolute atomic E-state index is 0.272. The Morgan fingerprint density at radius 1 is 0.421 bits per heavy atom. The molecule has 226 valence electrons. The van der Waals surface area contributed by atoms with Crippen LogP contribution in [0.4, 0.5) is 0 Å². The third-order valence-corrected chi connectivity index (χ3v) is 8.02. The Morgan fingerprint density at radius 3 is 1.13 bits per heavy atom. The van der Waals surface area contributed by atoms with Gasteiger partial charge in [-0.3, -0.25) is 4.79 Å². The molecule has 38 heavy (non-hydrogen) atoms. The van der Waals surface area contributed by atoms with E-state index in [4.69, 9.17) is 0 Å². The van der Waals surface area contributed by atoms with Gasteiger partial charge in [-0.15, -0.1) is 0 Å². The minimum Gasteiger partial charge on any atom is -0.356 e. The Kier molecular flexibility index (Phi) is 33.5. The van der Waals surface area contributed by atoms with Gasteiger partial charge in [0.05, 0.1) is 0 Å². The molecule has 1 N–H and O–H groups in total. The zero-order chi connectivity index (χ0) is 27.6. The molecule has 0 fully saturated rings. The summed E-state index contributed by atoms with van der Waals surface area (Å²) in [5.41, 5.74) is 0. The average molecular weight is 534 g/mol. The Hall–Kier alpha value is -0.790. The SMILES string of the molecule is CCCCCCCC/C=C\CCCCCCCCCCCC(=O)NCCCCCCCCCCCCCC. The predicted molar refractivity (Wildman–Crippen MR) is 172 cm³/mol. The first-order valence-corrected chi connectivity index (χ1v) is 17.7. The van der Waals surface area contributed by atoms with Crippen molar-refractivity contribution in [2.24, 2.45) is 0 Å². The summed E-state index contributed by atoms with van der Waals surface area (Å²) < 4.78 is 0. The molecule has 0 bridgehead atoms. The number of carbonyl (C=O) groups excluding carboxylic acids is 1. The summed E-state index contributed by atoms with van der Waals surface area (Å²) in [4.78, 5) is 12.0. The minimum atomic E-state index is 0.272. The molecular weight excluding hydrogens is 462 g/mol. The van der Waals surface area contributed by atoms with E-state index in [1.165, 1.54) is 173 Å². The summed E-state index contributed by atoms with van der Waals surface area (Å²) in [6, 6.07) is 0. The van der Waals surface area contributed by atoms with Gasteiger partial charge in [-0.2, -0.15) is 0 Å². The molecule has 0 aromatic rings. The van der Waals surface area contributed by atoms with Crippen molar-refractivity contribution in [3.8, 4) is 0 Å². The van der Waals surface area contributed by atoms with Crippen LogP contribution in [0.1, 0.15) is 206 Å². The van der Waals surface area contributed by atoms with Gasteiger partial charge >= 0.3 is 0 Å². The van der Waals surface area contributed by atoms with E-state index in [0.717, 1.165) is 25.8 Å². The third kappa shape index (κ3) is 33.2. The number of nitrogens with one attached hydrogen (secondary N) is 1. The molecular formula is C36H71NO. The Labute approximate surface area is 241 Å². The van der Waals surface area contributed by atoms with Crippen molar-refractivity contribution in [3.05, 3.63) is 12.2 Å². The fourth-order valence-corrected chi connectivity index (χ4v) is 5.35. The second-order valence-corrected chi connectivity index (χ2v) is 12.0. The highest BCUT2D eigenvalue weighted by molar-refractivity contribution is 5.75. The first-order chi connectivity index (χ1) is 18.8. The first kappa shape index (κ1) is 37.2. The lowest BCUT2D eigenvalue weighted by molar-refractivity contribution is -0.121. The summed E-state index contributed by atoms with van der Waals surface area (Å²) >= 11 is 0. The molecule has 0 rings (SSSR count). The van der Waals surface area contributed by atoms with Gasteiger partial charge in [-0.25, -0.2) is 0 Å². The molecule has 0 radical (unpaired) electrons. The molecule has 0 saturated heterocycles. The van der Waals surface area contributed by atoms with E-state index in [-0.39, 0.29) is 5.91 Å². The van der Waals surface area contributed by atoms with Crippen molar-refractivity contribution in [2.45, 2.75) is 206 Å². The number of carbonyl (C=O) groups is 1. The standard InChI is InChI=1S/C36H71NO/c1-3-5-7-9-11-13-15-17-18-19-20-21-22-23-24-26-28-30-32-34-36(38)37-35-33-31-29-27-25-16-14-12-10-8-6-4-2/h17-18H,3-16,19-35H2,1-2H3,(H,37,38)/b18-17-. The third-order valence-electron chi connectivity index (χ3n) is 8.02. The summed E-state index contributed by atoms with van der Waals surface area (Å²) in [5, 5.41) is 3.13. The zero-order valence-electron chi connectivity index (χ0n) is 26.5. The van der Waals surface area contributed by atoms with Gasteiger partial charge in [-0.1, -0.05) is 174 Å². The summed E-state index contributed by atoms with van der Waals surface area (Å²) in [6.07, 6.45) is 44.8. The van der Waals surface area contributed by atoms with Crippen LogP contribution in [0.25, 0.3) is 0 Å². The second-order valence-electron chi connectivity index (χ2n) is 12.0. The number of unbranched alkanes of at least 4 members (excludes halogenated alkanes) is 26. The van der Waals surface area contributed by atoms with E-state index in [2.05, 4.69) is 31.3 Å². The first-order valence-electron chi connectivity index (χ1n) is 17.7. The smallest absolute Gasteiger partial charge is 0.219 e. The van der Waals surface area contributed by atoms with Crippen LogP contribution >= 0.6 is 0 Å². The predicted octanol–water partition coefficient (Wildman–Crippen LogP) is 12.4. The highest BCUT2D eigenvalue weighted by atomic mass is 16.1. The highest BCUT2D eigenvalue weighted by Crippen LogP contribution is 2.13. The van der Waals surface area contributed by atoms with Crippen LogP contribution < -0.4 is 5.32 Å². The topological polar surface area (TPSA) is 29.1 Å². The largest absolute Gasteiger partial charge is 0.356 e. The van der Waals surface area contributed by atoms with Crippen molar-refractivity contribution in [2.75, 3.05) is 6.54 Å². The van der Waals surface area contributed by atoms with Crippen LogP contribution in [-0.2, 0) is 4.79 Å². The molecule has 0 atom stereocenters. The number of amides is 1. The number of hydrogen-bond donors (Lipinski definition) is 1. The molecule has 0 aliphatic carbocycles. The van der Waals surface area contributed by atoms with E-state index in [0.29, 0.717) is 0 Å². The molecule has 1 amide bonds. The maximum absolute atomic E-state index is 12.0. The van der Waals surface area contributed by atoms with Crippen molar-refractivity contribution in [1.82, 2.24) is 5.32 Å². The Bertz CT molecular complexity index is 472. The molecule has 0 aromatic carbocycles. The van der Waals surface area contributed by atoms with Gasteiger partial charge in [0.1, 0.15) is 0 Å². The van der Waals surface area contributed by atoms with Crippen molar-refractivity contribution >= 4 is 5.91 Å². The van der Waals surface area contributed by atoms with Gasteiger partial charge in [-0.05, 0) is 38.5 Å². The van der Waals surface area contributed by atoms with Crippen LogP contribution in [0.2, 0.25) is 0 Å². The molecule has 2 nitrogen and oxygen atoms in total. The van der Waals surface area contributed by atoms with Crippen molar-refractivity contribution in [3.63, 3.8) is 0 Å². The van der Waals surface area contributed by atoms with E-state index in [1.54, 1.807) is 0 Å². The molecule has 0 aliphatic heterocycles. The van der Waals surface area contributed by atoms with Gasteiger partial charge < -0.3 is 5.32 Å². The van der Waals surface area contributed by atoms with Gasteiger partial charge in [0, 0.05) is 13.0 Å². The van der Waals surface area contributed by atoms with Gasteiger partial charge in [0.2, 0.25) is 5.91 Å². The summed E-state index contributed by atoms with van der Waals surface area (Å²) in [7, 11) is 0. The molecule has 0 aliphatic rings. The number of rotatable bonds is 32. The maximum Gasteiger partial charge on any atom is 0.219 e. The Morgan fingerprint density at radius 2 is 0.737 bits per heavy atom. The number of hydrogen-bond acceptors (Lipinski definition) is 1. The highest BCUT2D eigenvalue weighted by Gasteiger charge is 2.01. The molecule has 0 heterocycles. The van der Waals surface area contributed by atoms with E-state index < -0.39 is 0 Å². The summed E-state index contributed by atoms with van der Waals surface area (Å²) in [6.45, 7) is 5.45. The second kappa shape index (κ2) is 34.2. The maximum atomic E-state index is 12.0. The lowest BCUT2D eigenvalue weighted by atomic mass is 10.0. The van der Waals surface area contributed by atoms with Crippen molar-refractivity contribution in [1.29, 1.82) is 0 Å². The van der Waals surface area contributed by atoms with Crippen LogP contribution in [-0.4, -0.2) is 12.5 Å². The van der Waals surface area contributed by atoms with Crippen LogP contribution in [0.3, 0.4) is 0 Å². The lowest BCUT2D eigenvalue weighted by Crippen LogP contribution is -2.23. The Balaban J connectivity index is 3.18. The van der Waals surface area contributed by atoms with Gasteiger partial charge in [0.15, 0.2) is 0 Å². The fraction of sp³-hybridized carbons (Fsp3) is 0.917. The van der Waals surface area contributed by atoms with E-state index in [9.17, 15) is 4.79 Å². The van der Waals surface area contributed by atoms with E-state index in [1.807, 2.05) is 0 Å². The van der Waals surface area contributed by atoms with Crippen LogP contribution in [0, 0.1) is 0 Å². The normalized spacial score (nSPS) is 11.5. The average Bonchev–Trinajstić information content (AvgIpc) is 2.92. The fourth-order valence-electron chi connectivity index (χ4n) is 5.35. The van der Waals surface area contributed by atoms with E-state index >= 15 is 0 Å². The summed E-state index contributed by atoms with van der Waals surface area (Å²) in [5.74, 6) is 0.272. The molecule has 0 saturated carbocycles. The van der Waals surface area contributed by atoms with Crippen molar-refractivity contribution < 1.29 is 4.79 Å². The zero-order valence-corrected chi connectivity index (χ0v) is 26.5. The van der Waals surface area contributed by atoms with Crippen LogP contribution in [0.5, 0.6) is 0 Å². The monoisotopic (exact) mass is 534 g/mol. The molecule has 2 heteroatoms. The number of allylic oxidation sites excluding steroid dienone is 2. The van der Waals surface area contributed by atoms with Gasteiger partial charge in [0.25, 0.3) is 0 Å². The molecule has 0 aromatic heterocycles. The quantitative estimate of drug-likeness (QED) is 0.0676. The lowest BCUT2D eigenvalue weighted by Gasteiger charge is -2.06. The molecule has 0 spiro atoms.